The number of anilines is 1. The van der Waals surface area contributed by atoms with Gasteiger partial charge in [-0.1, -0.05) is 23.5 Å². The third-order valence-corrected chi connectivity index (χ3v) is 6.68. The number of sulfonamides is 1. The summed E-state index contributed by atoms with van der Waals surface area (Å²) in [4.78, 5) is 30.6. The fourth-order valence-electron chi connectivity index (χ4n) is 2.69. The molecule has 1 unspecified atom stereocenters. The van der Waals surface area contributed by atoms with E-state index in [4.69, 9.17) is 0 Å². The molecule has 2 aromatic rings. The number of carbonyl (C=O) groups is 2. The van der Waals surface area contributed by atoms with Crippen LogP contribution in [0.15, 0.2) is 24.3 Å². The summed E-state index contributed by atoms with van der Waals surface area (Å²) in [5.74, 6) is -0.834. The number of nitrogens with one attached hydrogen (secondary N) is 1. The van der Waals surface area contributed by atoms with Gasteiger partial charge in [0.1, 0.15) is 0 Å². The molecule has 1 atom stereocenters. The van der Waals surface area contributed by atoms with E-state index in [2.05, 4.69) is 10.3 Å². The van der Waals surface area contributed by atoms with E-state index >= 15 is 0 Å². The van der Waals surface area contributed by atoms with Crippen molar-refractivity contribution in [2.45, 2.75) is 6.42 Å². The van der Waals surface area contributed by atoms with Crippen LogP contribution in [0.25, 0.3) is 10.2 Å². The highest BCUT2D eigenvalue weighted by Gasteiger charge is 2.36. The molecular formula is C16H20N4O4S2. The Hall–Kier alpha value is -2.04. The molecule has 1 saturated heterocycles. The van der Waals surface area contributed by atoms with E-state index in [1.165, 1.54) is 22.7 Å². The zero-order chi connectivity index (χ0) is 18.9. The van der Waals surface area contributed by atoms with Crippen molar-refractivity contribution in [2.24, 2.45) is 5.92 Å². The van der Waals surface area contributed by atoms with Crippen molar-refractivity contribution < 1.29 is 18.0 Å². The number of nitrogens with zero attached hydrogens (tertiary/aromatic N) is 3. The predicted molar refractivity (Wildman–Crippen MR) is 101 cm³/mol. The summed E-state index contributed by atoms with van der Waals surface area (Å²) in [6.45, 7) is 0.674. The Morgan fingerprint density at radius 2 is 2.15 bits per heavy atom. The molecule has 0 spiro atoms. The van der Waals surface area contributed by atoms with Gasteiger partial charge in [-0.3, -0.25) is 14.5 Å². The number of hydrogen-bond donors (Lipinski definition) is 1. The fraction of sp³-hybridized carbons (Fsp3) is 0.438. The summed E-state index contributed by atoms with van der Waals surface area (Å²) in [6, 6.07) is 7.64. The number of fused-ring (bicyclic) bond motifs is 1. The summed E-state index contributed by atoms with van der Waals surface area (Å²) in [7, 11) is -1.82. The van der Waals surface area contributed by atoms with Crippen LogP contribution in [0.5, 0.6) is 0 Å². The standard InChI is InChI=1S/C16H20N4O4S2/c1-19(26(2,23)24)8-7-17-15(22)11-9-14(21)20(10-11)16-18-12-5-3-4-6-13(12)25-16/h3-6,11H,7-10H2,1-2H3,(H,17,22). The van der Waals surface area contributed by atoms with Gasteiger partial charge in [0.2, 0.25) is 21.8 Å². The first-order valence-electron chi connectivity index (χ1n) is 8.10. The van der Waals surface area contributed by atoms with E-state index in [9.17, 15) is 18.0 Å². The Kier molecular flexibility index (Phi) is 5.26. The Bertz CT molecular complexity index is 908. The molecule has 140 valence electrons. The Labute approximate surface area is 155 Å². The molecule has 8 nitrogen and oxygen atoms in total. The highest BCUT2D eigenvalue weighted by molar-refractivity contribution is 7.88. The number of aromatic nitrogens is 1. The van der Waals surface area contributed by atoms with Gasteiger partial charge in [-0.2, -0.15) is 0 Å². The van der Waals surface area contributed by atoms with Crippen LogP contribution in [0.4, 0.5) is 5.13 Å². The summed E-state index contributed by atoms with van der Waals surface area (Å²) >= 11 is 1.43. The van der Waals surface area contributed by atoms with E-state index in [-0.39, 0.29) is 37.9 Å². The minimum Gasteiger partial charge on any atom is -0.354 e. The van der Waals surface area contributed by atoms with Gasteiger partial charge in [0.25, 0.3) is 0 Å². The molecule has 1 N–H and O–H groups in total. The zero-order valence-electron chi connectivity index (χ0n) is 14.5. The SMILES string of the molecule is CN(CCNC(=O)C1CC(=O)N(c2nc3ccccc3s2)C1)S(C)(=O)=O. The van der Waals surface area contributed by atoms with E-state index in [1.807, 2.05) is 24.3 Å². The molecule has 1 aromatic carbocycles. The average Bonchev–Trinajstić information content (AvgIpc) is 3.16. The third-order valence-electron chi connectivity index (χ3n) is 4.30. The molecule has 2 amide bonds. The summed E-state index contributed by atoms with van der Waals surface area (Å²) in [5, 5.41) is 3.31. The van der Waals surface area contributed by atoms with Gasteiger partial charge in [-0.25, -0.2) is 17.7 Å². The molecule has 0 bridgehead atoms. The van der Waals surface area contributed by atoms with Crippen LogP contribution in [-0.4, -0.2) is 62.5 Å². The molecule has 0 aliphatic carbocycles. The first kappa shape index (κ1) is 18.7. The van der Waals surface area contributed by atoms with Gasteiger partial charge >= 0.3 is 0 Å². The normalized spacial score (nSPS) is 18.0. The molecule has 0 saturated carbocycles. The zero-order valence-corrected chi connectivity index (χ0v) is 16.1. The lowest BCUT2D eigenvalue weighted by atomic mass is 10.1. The number of carbonyl (C=O) groups excluding carboxylic acids is 2. The van der Waals surface area contributed by atoms with Gasteiger partial charge < -0.3 is 5.32 Å². The second kappa shape index (κ2) is 7.29. The summed E-state index contributed by atoms with van der Waals surface area (Å²) < 4.78 is 24.8. The number of amides is 2. The van der Waals surface area contributed by atoms with Crippen molar-refractivity contribution in [3.05, 3.63) is 24.3 Å². The number of hydrogen-bond acceptors (Lipinski definition) is 6. The lowest BCUT2D eigenvalue weighted by molar-refractivity contribution is -0.126. The minimum absolute atomic E-state index is 0.127. The van der Waals surface area contributed by atoms with Crippen LogP contribution in [0.1, 0.15) is 6.42 Å². The molecule has 3 rings (SSSR count). The maximum absolute atomic E-state index is 12.3. The van der Waals surface area contributed by atoms with Crippen LogP contribution >= 0.6 is 11.3 Å². The minimum atomic E-state index is -3.27. The fourth-order valence-corrected chi connectivity index (χ4v) is 4.11. The predicted octanol–water partition coefficient (Wildman–Crippen LogP) is 0.657. The second-order valence-corrected chi connectivity index (χ2v) is 9.34. The van der Waals surface area contributed by atoms with Gasteiger partial charge in [-0.15, -0.1) is 0 Å². The van der Waals surface area contributed by atoms with Crippen LogP contribution in [-0.2, 0) is 19.6 Å². The number of benzene rings is 1. The van der Waals surface area contributed by atoms with E-state index in [1.54, 1.807) is 4.90 Å². The van der Waals surface area contributed by atoms with Crippen molar-refractivity contribution >= 4 is 48.5 Å². The molecule has 2 heterocycles. The Morgan fingerprint density at radius 3 is 2.85 bits per heavy atom. The van der Waals surface area contributed by atoms with Crippen LogP contribution in [0, 0.1) is 5.92 Å². The monoisotopic (exact) mass is 396 g/mol. The highest BCUT2D eigenvalue weighted by Crippen LogP contribution is 2.32. The highest BCUT2D eigenvalue weighted by atomic mass is 32.2. The van der Waals surface area contributed by atoms with Crippen LogP contribution in [0.2, 0.25) is 0 Å². The van der Waals surface area contributed by atoms with Crippen LogP contribution < -0.4 is 10.2 Å². The lowest BCUT2D eigenvalue weighted by Gasteiger charge is -2.16. The first-order chi connectivity index (χ1) is 12.3. The van der Waals surface area contributed by atoms with Gasteiger partial charge in [-0.05, 0) is 12.1 Å². The van der Waals surface area contributed by atoms with Gasteiger partial charge in [0, 0.05) is 33.1 Å². The quantitative estimate of drug-likeness (QED) is 0.773. The molecule has 26 heavy (non-hydrogen) atoms. The smallest absolute Gasteiger partial charge is 0.229 e. The van der Waals surface area contributed by atoms with Crippen molar-refractivity contribution in [1.29, 1.82) is 0 Å². The van der Waals surface area contributed by atoms with Crippen molar-refractivity contribution in [3.63, 3.8) is 0 Å². The summed E-state index contributed by atoms with van der Waals surface area (Å²) in [6.07, 6.45) is 1.24. The van der Waals surface area contributed by atoms with E-state index in [0.717, 1.165) is 16.5 Å². The van der Waals surface area contributed by atoms with E-state index in [0.29, 0.717) is 5.13 Å². The van der Waals surface area contributed by atoms with Gasteiger partial charge in [0.05, 0.1) is 22.4 Å². The van der Waals surface area contributed by atoms with E-state index < -0.39 is 15.9 Å². The molecule has 0 radical (unpaired) electrons. The molecule has 1 aliphatic rings. The van der Waals surface area contributed by atoms with Crippen LogP contribution in [0.3, 0.4) is 0 Å². The number of thiazole rings is 1. The van der Waals surface area contributed by atoms with Crippen molar-refractivity contribution in [2.75, 3.05) is 37.8 Å². The maximum Gasteiger partial charge on any atom is 0.229 e. The number of likely N-dealkylation sites (N-methyl/N-ethyl adjacent to an activating group) is 1. The topological polar surface area (TPSA) is 99.7 Å². The largest absolute Gasteiger partial charge is 0.354 e. The van der Waals surface area contributed by atoms with Gasteiger partial charge in [0.15, 0.2) is 5.13 Å². The molecule has 10 heteroatoms. The maximum atomic E-state index is 12.3. The Balaban J connectivity index is 1.59. The molecule has 1 aliphatic heterocycles. The summed E-state index contributed by atoms with van der Waals surface area (Å²) in [5.41, 5.74) is 0.831. The number of rotatable bonds is 6. The molecule has 1 fully saturated rings. The van der Waals surface area contributed by atoms with Crippen molar-refractivity contribution in [1.82, 2.24) is 14.6 Å². The molecule has 1 aromatic heterocycles. The lowest BCUT2D eigenvalue weighted by Crippen LogP contribution is -2.38. The Morgan fingerprint density at radius 1 is 1.42 bits per heavy atom. The third kappa shape index (κ3) is 4.02. The average molecular weight is 396 g/mol. The van der Waals surface area contributed by atoms with Crippen molar-refractivity contribution in [3.8, 4) is 0 Å². The first-order valence-corrected chi connectivity index (χ1v) is 10.8. The second-order valence-electron chi connectivity index (χ2n) is 6.25. The number of para-hydroxylation sites is 1. The molecular weight excluding hydrogens is 376 g/mol.